The number of amides is 1. The number of nitrogens with two attached hydrogens (primary N) is 1. The number of benzene rings is 2. The van der Waals surface area contributed by atoms with Crippen LogP contribution in [0.4, 0.5) is 5.69 Å². The Bertz CT molecular complexity index is 684. The summed E-state index contributed by atoms with van der Waals surface area (Å²) in [6, 6.07) is 17.5. The zero-order chi connectivity index (χ0) is 14.8. The highest BCUT2D eigenvalue weighted by Gasteiger charge is 2.32. The molecule has 1 heterocycles. The van der Waals surface area contributed by atoms with Crippen LogP contribution >= 0.6 is 12.2 Å². The Morgan fingerprint density at radius 1 is 1.10 bits per heavy atom. The molecule has 1 amide bonds. The van der Waals surface area contributed by atoms with E-state index < -0.39 is 5.92 Å². The van der Waals surface area contributed by atoms with E-state index in [1.807, 2.05) is 48.5 Å². The van der Waals surface area contributed by atoms with Gasteiger partial charge in [-0.15, -0.1) is 0 Å². The molecule has 0 saturated heterocycles. The fourth-order valence-corrected chi connectivity index (χ4v) is 3.03. The lowest BCUT2D eigenvalue weighted by molar-refractivity contribution is -0.118. The van der Waals surface area contributed by atoms with Gasteiger partial charge in [0, 0.05) is 12.2 Å². The fourth-order valence-electron chi connectivity index (χ4n) is 2.80. The van der Waals surface area contributed by atoms with E-state index in [-0.39, 0.29) is 10.9 Å². The molecule has 4 heteroatoms. The topological polar surface area (TPSA) is 46.3 Å². The maximum absolute atomic E-state index is 12.9. The number of hydrogen-bond donors (Lipinski definition) is 1. The molecule has 2 aromatic rings. The van der Waals surface area contributed by atoms with Gasteiger partial charge in [-0.2, -0.15) is 0 Å². The summed E-state index contributed by atoms with van der Waals surface area (Å²) in [6.45, 7) is 0.685. The van der Waals surface area contributed by atoms with Gasteiger partial charge in [-0.1, -0.05) is 60.7 Å². The van der Waals surface area contributed by atoms with Crippen LogP contribution in [-0.4, -0.2) is 17.4 Å². The minimum atomic E-state index is -0.563. The number of nitrogens with zero attached hydrogens (tertiary/aromatic N) is 1. The van der Waals surface area contributed by atoms with E-state index in [0.29, 0.717) is 6.54 Å². The van der Waals surface area contributed by atoms with Crippen molar-refractivity contribution < 1.29 is 4.79 Å². The normalized spacial score (nSPS) is 14.6. The van der Waals surface area contributed by atoms with Crippen molar-refractivity contribution in [2.24, 2.45) is 5.73 Å². The second kappa shape index (κ2) is 5.66. The third kappa shape index (κ3) is 2.54. The molecule has 0 aliphatic carbocycles. The number of rotatable bonds is 3. The summed E-state index contributed by atoms with van der Waals surface area (Å²) >= 11 is 5.14. The first-order valence-corrected chi connectivity index (χ1v) is 7.33. The van der Waals surface area contributed by atoms with E-state index in [2.05, 4.69) is 6.07 Å². The molecular formula is C17H16N2OS. The molecule has 0 fully saturated rings. The summed E-state index contributed by atoms with van der Waals surface area (Å²) in [5.74, 6) is -0.606. The zero-order valence-corrected chi connectivity index (χ0v) is 12.3. The lowest BCUT2D eigenvalue weighted by atomic mass is 9.97. The molecule has 0 aromatic heterocycles. The van der Waals surface area contributed by atoms with E-state index >= 15 is 0 Å². The number of thiocarbonyl (C=S) groups is 1. The van der Waals surface area contributed by atoms with Gasteiger partial charge in [0.1, 0.15) is 5.92 Å². The van der Waals surface area contributed by atoms with Crippen molar-refractivity contribution in [1.82, 2.24) is 0 Å². The summed E-state index contributed by atoms with van der Waals surface area (Å²) < 4.78 is 0. The van der Waals surface area contributed by atoms with E-state index in [1.165, 1.54) is 5.56 Å². The van der Waals surface area contributed by atoms with Crippen LogP contribution in [0.15, 0.2) is 54.6 Å². The average Bonchev–Trinajstić information content (AvgIpc) is 2.92. The predicted molar refractivity (Wildman–Crippen MR) is 88.5 cm³/mol. The predicted octanol–water partition coefficient (Wildman–Crippen LogP) is 2.65. The van der Waals surface area contributed by atoms with Crippen molar-refractivity contribution >= 4 is 28.8 Å². The maximum Gasteiger partial charge on any atom is 0.241 e. The molecule has 106 valence electrons. The molecular weight excluding hydrogens is 280 g/mol. The first kappa shape index (κ1) is 13.8. The molecule has 0 bridgehead atoms. The van der Waals surface area contributed by atoms with E-state index in [1.54, 1.807) is 4.90 Å². The molecule has 2 aromatic carbocycles. The quantitative estimate of drug-likeness (QED) is 0.886. The number of para-hydroxylation sites is 1. The van der Waals surface area contributed by atoms with Crippen LogP contribution in [0.25, 0.3) is 0 Å². The highest BCUT2D eigenvalue weighted by atomic mass is 32.1. The van der Waals surface area contributed by atoms with Crippen LogP contribution in [0.2, 0.25) is 0 Å². The van der Waals surface area contributed by atoms with Crippen LogP contribution in [0.5, 0.6) is 0 Å². The number of fused-ring (bicyclic) bond motifs is 1. The van der Waals surface area contributed by atoms with Gasteiger partial charge in [0.15, 0.2) is 0 Å². The van der Waals surface area contributed by atoms with E-state index in [0.717, 1.165) is 17.7 Å². The van der Waals surface area contributed by atoms with Crippen LogP contribution < -0.4 is 10.6 Å². The van der Waals surface area contributed by atoms with E-state index in [4.69, 9.17) is 18.0 Å². The molecule has 2 N–H and O–H groups in total. The standard InChI is InChI=1S/C17H16N2OS/c18-16(21)15(13-7-2-1-3-8-13)17(20)19-11-10-12-6-4-5-9-14(12)19/h1-9,15H,10-11H2,(H2,18,21). The van der Waals surface area contributed by atoms with Crippen LogP contribution in [0.3, 0.4) is 0 Å². The van der Waals surface area contributed by atoms with Crippen molar-refractivity contribution in [2.45, 2.75) is 12.3 Å². The van der Waals surface area contributed by atoms with Gasteiger partial charge in [0.25, 0.3) is 0 Å². The van der Waals surface area contributed by atoms with Crippen LogP contribution in [0, 0.1) is 0 Å². The Kier molecular flexibility index (Phi) is 3.71. The first-order chi connectivity index (χ1) is 10.2. The monoisotopic (exact) mass is 296 g/mol. The molecule has 1 unspecified atom stereocenters. The SMILES string of the molecule is NC(=S)C(C(=O)N1CCc2ccccc21)c1ccccc1. The van der Waals surface area contributed by atoms with Crippen molar-refractivity contribution in [2.75, 3.05) is 11.4 Å². The summed E-state index contributed by atoms with van der Waals surface area (Å²) in [4.78, 5) is 14.9. The summed E-state index contributed by atoms with van der Waals surface area (Å²) in [7, 11) is 0. The van der Waals surface area contributed by atoms with Gasteiger partial charge in [-0.05, 0) is 23.6 Å². The maximum atomic E-state index is 12.9. The molecule has 1 aliphatic rings. The third-order valence-corrected chi connectivity index (χ3v) is 4.05. The number of hydrogen-bond acceptors (Lipinski definition) is 2. The lowest BCUT2D eigenvalue weighted by Crippen LogP contribution is -2.39. The van der Waals surface area contributed by atoms with Crippen LogP contribution in [-0.2, 0) is 11.2 Å². The van der Waals surface area contributed by atoms with Gasteiger partial charge in [-0.3, -0.25) is 4.79 Å². The molecule has 3 nitrogen and oxygen atoms in total. The highest BCUT2D eigenvalue weighted by Crippen LogP contribution is 2.31. The molecule has 0 spiro atoms. The minimum absolute atomic E-state index is 0.0429. The number of carbonyl (C=O) groups is 1. The summed E-state index contributed by atoms with van der Waals surface area (Å²) in [5, 5.41) is 0. The molecule has 3 rings (SSSR count). The summed E-state index contributed by atoms with van der Waals surface area (Å²) in [6.07, 6.45) is 0.876. The van der Waals surface area contributed by atoms with Gasteiger partial charge in [0.05, 0.1) is 4.99 Å². The number of anilines is 1. The van der Waals surface area contributed by atoms with E-state index in [9.17, 15) is 4.79 Å². The molecule has 21 heavy (non-hydrogen) atoms. The minimum Gasteiger partial charge on any atom is -0.392 e. The van der Waals surface area contributed by atoms with Crippen molar-refractivity contribution in [3.05, 3.63) is 65.7 Å². The molecule has 1 atom stereocenters. The second-order valence-corrected chi connectivity index (χ2v) is 5.59. The Morgan fingerprint density at radius 3 is 2.48 bits per heavy atom. The van der Waals surface area contributed by atoms with Crippen molar-refractivity contribution in [3.8, 4) is 0 Å². The van der Waals surface area contributed by atoms with Gasteiger partial charge >= 0.3 is 0 Å². The zero-order valence-electron chi connectivity index (χ0n) is 11.5. The highest BCUT2D eigenvalue weighted by molar-refractivity contribution is 7.80. The van der Waals surface area contributed by atoms with Gasteiger partial charge < -0.3 is 10.6 Å². The Hall–Kier alpha value is -2.20. The molecule has 0 saturated carbocycles. The third-order valence-electron chi connectivity index (χ3n) is 3.82. The molecule has 1 aliphatic heterocycles. The Morgan fingerprint density at radius 2 is 1.76 bits per heavy atom. The smallest absolute Gasteiger partial charge is 0.241 e. The molecule has 0 radical (unpaired) electrons. The van der Waals surface area contributed by atoms with Gasteiger partial charge in [-0.25, -0.2) is 0 Å². The fraction of sp³-hybridized carbons (Fsp3) is 0.176. The second-order valence-electron chi connectivity index (χ2n) is 5.11. The average molecular weight is 296 g/mol. The largest absolute Gasteiger partial charge is 0.392 e. The summed E-state index contributed by atoms with van der Waals surface area (Å²) in [5.41, 5.74) is 8.85. The Balaban J connectivity index is 1.95. The van der Waals surface area contributed by atoms with Crippen molar-refractivity contribution in [1.29, 1.82) is 0 Å². The Labute approximate surface area is 129 Å². The van der Waals surface area contributed by atoms with Crippen molar-refractivity contribution in [3.63, 3.8) is 0 Å². The van der Waals surface area contributed by atoms with Gasteiger partial charge in [0.2, 0.25) is 5.91 Å². The number of carbonyl (C=O) groups excluding carboxylic acids is 1. The first-order valence-electron chi connectivity index (χ1n) is 6.92. The van der Waals surface area contributed by atoms with Crippen LogP contribution in [0.1, 0.15) is 17.0 Å². The lowest BCUT2D eigenvalue weighted by Gasteiger charge is -2.23.